The van der Waals surface area contributed by atoms with Gasteiger partial charge in [-0.1, -0.05) is 18.2 Å². The summed E-state index contributed by atoms with van der Waals surface area (Å²) in [6.45, 7) is 0. The first kappa shape index (κ1) is 15.3. The first-order chi connectivity index (χ1) is 11.3. The number of benzene rings is 1. The molecule has 1 atom stereocenters. The van der Waals surface area contributed by atoms with Gasteiger partial charge in [-0.2, -0.15) is 0 Å². The van der Waals surface area contributed by atoms with Crippen LogP contribution >= 0.6 is 11.3 Å². The Labute approximate surface area is 137 Å². The van der Waals surface area contributed by atoms with Crippen molar-refractivity contribution in [3.05, 3.63) is 65.6 Å². The summed E-state index contributed by atoms with van der Waals surface area (Å²) in [5.74, 6) is 1.12. The van der Waals surface area contributed by atoms with Crippen LogP contribution in [0, 0.1) is 0 Å². The summed E-state index contributed by atoms with van der Waals surface area (Å²) >= 11 is 1.39. The molecule has 3 aromatic rings. The summed E-state index contributed by atoms with van der Waals surface area (Å²) in [6.07, 6.45) is 3.51. The lowest BCUT2D eigenvalue weighted by molar-refractivity contribution is -0.116. The molecule has 0 spiro atoms. The molecular formula is C17H16N2O3S. The molecule has 6 heteroatoms. The second-order valence-corrected chi connectivity index (χ2v) is 5.79. The van der Waals surface area contributed by atoms with Crippen LogP contribution in [-0.4, -0.2) is 18.0 Å². The van der Waals surface area contributed by atoms with E-state index in [1.54, 1.807) is 19.6 Å². The Hall–Kier alpha value is -2.60. The minimum absolute atomic E-state index is 0.118. The Bertz CT molecular complexity index is 754. The summed E-state index contributed by atoms with van der Waals surface area (Å²) in [6, 6.07) is 11.3. The maximum absolute atomic E-state index is 12.4. The highest BCUT2D eigenvalue weighted by molar-refractivity contribution is 7.13. The fraction of sp³-hybridized carbons (Fsp3) is 0.176. The van der Waals surface area contributed by atoms with E-state index in [1.165, 1.54) is 11.3 Å². The molecule has 2 heterocycles. The fourth-order valence-electron chi connectivity index (χ4n) is 2.45. The van der Waals surface area contributed by atoms with E-state index in [2.05, 4.69) is 10.3 Å². The second kappa shape index (κ2) is 7.11. The van der Waals surface area contributed by atoms with Crippen LogP contribution in [0.15, 0.2) is 58.7 Å². The predicted octanol–water partition coefficient (Wildman–Crippen LogP) is 3.91. The number of anilines is 1. The zero-order chi connectivity index (χ0) is 16.1. The fourth-order valence-corrected chi connectivity index (χ4v) is 2.99. The quantitative estimate of drug-likeness (QED) is 0.745. The number of carbonyl (C=O) groups excluding carboxylic acids is 1. The molecule has 0 unspecified atom stereocenters. The van der Waals surface area contributed by atoms with Crippen LogP contribution < -0.4 is 10.1 Å². The van der Waals surface area contributed by atoms with Crippen LogP contribution in [0.4, 0.5) is 5.13 Å². The molecule has 0 aliphatic rings. The summed E-state index contributed by atoms with van der Waals surface area (Å²) < 4.78 is 11.0. The number of carbonyl (C=O) groups is 1. The molecule has 1 amide bonds. The van der Waals surface area contributed by atoms with Crippen LogP contribution in [0.3, 0.4) is 0 Å². The molecule has 2 aromatic heterocycles. The van der Waals surface area contributed by atoms with Gasteiger partial charge in [-0.25, -0.2) is 4.98 Å². The molecule has 0 aliphatic heterocycles. The monoisotopic (exact) mass is 328 g/mol. The standard InChI is InChI=1S/C17H16N2O3S/c1-21-14-6-3-2-5-12(14)13(15-7-4-9-22-15)11-16(20)19-17-18-8-10-23-17/h2-10,13H,11H2,1H3,(H,18,19,20)/t13-/m0/s1. The molecule has 0 saturated heterocycles. The van der Waals surface area contributed by atoms with Crippen LogP contribution in [0.5, 0.6) is 5.75 Å². The summed E-state index contributed by atoms with van der Waals surface area (Å²) in [5.41, 5.74) is 0.916. The summed E-state index contributed by atoms with van der Waals surface area (Å²) in [7, 11) is 1.62. The average molecular weight is 328 g/mol. The van der Waals surface area contributed by atoms with Crippen LogP contribution in [-0.2, 0) is 4.79 Å². The number of amides is 1. The predicted molar refractivity (Wildman–Crippen MR) is 88.9 cm³/mol. The van der Waals surface area contributed by atoms with Crippen molar-refractivity contribution in [1.29, 1.82) is 0 Å². The Morgan fingerprint density at radius 2 is 2.22 bits per heavy atom. The first-order valence-corrected chi connectivity index (χ1v) is 8.01. The molecule has 1 aromatic carbocycles. The van der Waals surface area contributed by atoms with E-state index in [4.69, 9.17) is 9.15 Å². The number of nitrogens with one attached hydrogen (secondary N) is 1. The van der Waals surface area contributed by atoms with Gasteiger partial charge in [0.1, 0.15) is 11.5 Å². The van der Waals surface area contributed by atoms with Gasteiger partial charge in [0.15, 0.2) is 5.13 Å². The van der Waals surface area contributed by atoms with Gasteiger partial charge in [0, 0.05) is 23.6 Å². The van der Waals surface area contributed by atoms with Crippen molar-refractivity contribution in [3.63, 3.8) is 0 Å². The topological polar surface area (TPSA) is 64.4 Å². The van der Waals surface area contributed by atoms with Crippen LogP contribution in [0.2, 0.25) is 0 Å². The van der Waals surface area contributed by atoms with E-state index in [-0.39, 0.29) is 18.2 Å². The minimum atomic E-state index is -0.221. The van der Waals surface area contributed by atoms with E-state index in [0.29, 0.717) is 5.13 Å². The summed E-state index contributed by atoms with van der Waals surface area (Å²) in [4.78, 5) is 16.4. The molecule has 23 heavy (non-hydrogen) atoms. The Morgan fingerprint density at radius 1 is 1.35 bits per heavy atom. The van der Waals surface area contributed by atoms with Gasteiger partial charge >= 0.3 is 0 Å². The third-order valence-electron chi connectivity index (χ3n) is 3.47. The lowest BCUT2D eigenvalue weighted by Crippen LogP contribution is -2.16. The zero-order valence-electron chi connectivity index (χ0n) is 12.6. The van der Waals surface area contributed by atoms with E-state index >= 15 is 0 Å². The van der Waals surface area contributed by atoms with Gasteiger partial charge in [-0.3, -0.25) is 4.79 Å². The Morgan fingerprint density at radius 3 is 2.91 bits per heavy atom. The van der Waals surface area contributed by atoms with Crippen molar-refractivity contribution < 1.29 is 13.9 Å². The van der Waals surface area contributed by atoms with Gasteiger partial charge in [-0.05, 0) is 18.2 Å². The first-order valence-electron chi connectivity index (χ1n) is 7.13. The molecule has 0 aliphatic carbocycles. The molecule has 0 radical (unpaired) electrons. The molecule has 3 rings (SSSR count). The number of methoxy groups -OCH3 is 1. The van der Waals surface area contributed by atoms with Crippen molar-refractivity contribution in [1.82, 2.24) is 4.98 Å². The number of nitrogens with zero attached hydrogens (tertiary/aromatic N) is 1. The van der Waals surface area contributed by atoms with Gasteiger partial charge in [0.25, 0.3) is 0 Å². The van der Waals surface area contributed by atoms with Gasteiger partial charge in [-0.15, -0.1) is 11.3 Å². The molecule has 0 bridgehead atoms. The van der Waals surface area contributed by atoms with Crippen LogP contribution in [0.25, 0.3) is 0 Å². The van der Waals surface area contributed by atoms with E-state index in [0.717, 1.165) is 17.1 Å². The van der Waals surface area contributed by atoms with Crippen molar-refractivity contribution >= 4 is 22.4 Å². The normalized spacial score (nSPS) is 11.9. The van der Waals surface area contributed by atoms with Crippen molar-refractivity contribution in [3.8, 4) is 5.75 Å². The number of thiazole rings is 1. The number of ether oxygens (including phenoxy) is 1. The smallest absolute Gasteiger partial charge is 0.227 e. The van der Waals surface area contributed by atoms with Crippen LogP contribution in [0.1, 0.15) is 23.7 Å². The van der Waals surface area contributed by atoms with Crippen molar-refractivity contribution in [2.75, 3.05) is 12.4 Å². The molecule has 0 saturated carbocycles. The zero-order valence-corrected chi connectivity index (χ0v) is 13.4. The SMILES string of the molecule is COc1ccccc1[C@H](CC(=O)Nc1nccs1)c1ccco1. The molecule has 1 N–H and O–H groups in total. The molecule has 5 nitrogen and oxygen atoms in total. The lowest BCUT2D eigenvalue weighted by atomic mass is 9.92. The van der Waals surface area contributed by atoms with Crippen molar-refractivity contribution in [2.45, 2.75) is 12.3 Å². The third kappa shape index (κ3) is 3.60. The maximum Gasteiger partial charge on any atom is 0.227 e. The highest BCUT2D eigenvalue weighted by Crippen LogP contribution is 2.34. The number of aromatic nitrogens is 1. The lowest BCUT2D eigenvalue weighted by Gasteiger charge is -2.17. The minimum Gasteiger partial charge on any atom is -0.496 e. The molecular weight excluding hydrogens is 312 g/mol. The van der Waals surface area contributed by atoms with E-state index in [1.807, 2.05) is 41.8 Å². The highest BCUT2D eigenvalue weighted by atomic mass is 32.1. The summed E-state index contributed by atoms with van der Waals surface area (Å²) in [5, 5.41) is 5.22. The maximum atomic E-state index is 12.4. The Balaban J connectivity index is 1.86. The second-order valence-electron chi connectivity index (χ2n) is 4.90. The number of furan rings is 1. The largest absolute Gasteiger partial charge is 0.496 e. The highest BCUT2D eigenvalue weighted by Gasteiger charge is 2.24. The van der Waals surface area contributed by atoms with Gasteiger partial charge in [0.2, 0.25) is 5.91 Å². The molecule has 118 valence electrons. The van der Waals surface area contributed by atoms with E-state index in [9.17, 15) is 4.79 Å². The molecule has 0 fully saturated rings. The third-order valence-corrected chi connectivity index (χ3v) is 4.16. The number of rotatable bonds is 6. The Kier molecular flexibility index (Phi) is 4.73. The van der Waals surface area contributed by atoms with Gasteiger partial charge < -0.3 is 14.5 Å². The average Bonchev–Trinajstić information content (AvgIpc) is 3.26. The van der Waals surface area contributed by atoms with Gasteiger partial charge in [0.05, 0.1) is 19.3 Å². The van der Waals surface area contributed by atoms with E-state index < -0.39 is 0 Å². The number of hydrogen-bond acceptors (Lipinski definition) is 5. The number of para-hydroxylation sites is 1. The van der Waals surface area contributed by atoms with Crippen molar-refractivity contribution in [2.24, 2.45) is 0 Å². The number of hydrogen-bond donors (Lipinski definition) is 1.